The largest absolute Gasteiger partial charge is 0.397 e. The third-order valence-electron chi connectivity index (χ3n) is 5.15. The topological polar surface area (TPSA) is 54.5 Å². The molecule has 3 fully saturated rings. The zero-order valence-corrected chi connectivity index (χ0v) is 12.5. The fourth-order valence-corrected chi connectivity index (χ4v) is 3.83. The van der Waals surface area contributed by atoms with Crippen LogP contribution in [0.4, 0.5) is 5.69 Å². The summed E-state index contributed by atoms with van der Waals surface area (Å²) in [6.07, 6.45) is 8.12. The lowest BCUT2D eigenvalue weighted by molar-refractivity contribution is 0.0364. The molecule has 2 N–H and O–H groups in total. The van der Waals surface area contributed by atoms with Gasteiger partial charge in [0.15, 0.2) is 0 Å². The fraction of sp³-hybridized carbons (Fsp3) is 0.688. The SMILES string of the molecule is Nc1cc(C(=O)N2CCN3CCCCC3C2)n(C2CC2)c1. The monoisotopic (exact) mass is 288 g/mol. The highest BCUT2D eigenvalue weighted by molar-refractivity contribution is 5.94. The van der Waals surface area contributed by atoms with Crippen molar-refractivity contribution in [3.8, 4) is 0 Å². The molecule has 3 aliphatic rings. The van der Waals surface area contributed by atoms with E-state index in [1.54, 1.807) is 0 Å². The Bertz CT molecular complexity index is 548. The predicted molar refractivity (Wildman–Crippen MR) is 82.2 cm³/mol. The zero-order valence-electron chi connectivity index (χ0n) is 12.5. The highest BCUT2D eigenvalue weighted by Gasteiger charge is 2.34. The van der Waals surface area contributed by atoms with Crippen LogP contribution in [-0.2, 0) is 0 Å². The fourth-order valence-electron chi connectivity index (χ4n) is 3.83. The van der Waals surface area contributed by atoms with Gasteiger partial charge in [0.1, 0.15) is 5.69 Å². The lowest BCUT2D eigenvalue weighted by Gasteiger charge is -2.44. The number of piperazine rings is 1. The number of nitrogens with zero attached hydrogens (tertiary/aromatic N) is 3. The molecule has 2 aliphatic heterocycles. The summed E-state index contributed by atoms with van der Waals surface area (Å²) in [5.41, 5.74) is 7.42. The first-order valence-electron chi connectivity index (χ1n) is 8.23. The van der Waals surface area contributed by atoms with Crippen molar-refractivity contribution in [2.75, 3.05) is 31.9 Å². The summed E-state index contributed by atoms with van der Waals surface area (Å²) in [4.78, 5) is 17.5. The van der Waals surface area contributed by atoms with Crippen molar-refractivity contribution in [3.63, 3.8) is 0 Å². The normalized spacial score (nSPS) is 26.7. The van der Waals surface area contributed by atoms with E-state index in [4.69, 9.17) is 5.73 Å². The van der Waals surface area contributed by atoms with Gasteiger partial charge in [-0.05, 0) is 38.3 Å². The molecule has 1 unspecified atom stereocenters. The van der Waals surface area contributed by atoms with Crippen LogP contribution in [0.3, 0.4) is 0 Å². The quantitative estimate of drug-likeness (QED) is 0.901. The zero-order chi connectivity index (χ0) is 14.4. The van der Waals surface area contributed by atoms with E-state index in [0.717, 1.165) is 25.3 Å². The Balaban J connectivity index is 1.52. The van der Waals surface area contributed by atoms with E-state index in [9.17, 15) is 4.79 Å². The molecular formula is C16H24N4O. The molecule has 1 aromatic rings. The molecule has 3 heterocycles. The molecular weight excluding hydrogens is 264 g/mol. The number of nitrogens with two attached hydrogens (primary N) is 1. The number of amides is 1. The first-order chi connectivity index (χ1) is 10.2. The van der Waals surface area contributed by atoms with Crippen molar-refractivity contribution in [1.29, 1.82) is 0 Å². The van der Waals surface area contributed by atoms with E-state index in [-0.39, 0.29) is 5.91 Å². The Morgan fingerprint density at radius 2 is 1.95 bits per heavy atom. The number of aromatic nitrogens is 1. The van der Waals surface area contributed by atoms with Gasteiger partial charge < -0.3 is 15.2 Å². The molecule has 0 aromatic carbocycles. The van der Waals surface area contributed by atoms with Crippen molar-refractivity contribution in [2.24, 2.45) is 0 Å². The van der Waals surface area contributed by atoms with Crippen LogP contribution >= 0.6 is 0 Å². The van der Waals surface area contributed by atoms with Crippen LogP contribution in [0.15, 0.2) is 12.3 Å². The van der Waals surface area contributed by atoms with Crippen LogP contribution in [0.1, 0.15) is 48.6 Å². The van der Waals surface area contributed by atoms with Gasteiger partial charge in [0.25, 0.3) is 5.91 Å². The molecule has 1 aromatic heterocycles. The number of carbonyl (C=O) groups excluding carboxylic acids is 1. The maximum atomic E-state index is 12.9. The average Bonchev–Trinajstić information content (AvgIpc) is 3.28. The number of hydrogen-bond acceptors (Lipinski definition) is 3. The standard InChI is InChI=1S/C16H24N4O/c17-12-9-15(20(10-12)13-4-5-13)16(21)19-8-7-18-6-2-1-3-14(18)11-19/h9-10,13-14H,1-8,11,17H2. The minimum absolute atomic E-state index is 0.170. The van der Waals surface area contributed by atoms with Crippen molar-refractivity contribution in [1.82, 2.24) is 14.4 Å². The van der Waals surface area contributed by atoms with E-state index >= 15 is 0 Å². The van der Waals surface area contributed by atoms with Gasteiger partial charge in [-0.3, -0.25) is 9.69 Å². The molecule has 1 aliphatic carbocycles. The van der Waals surface area contributed by atoms with E-state index in [0.29, 0.717) is 17.8 Å². The van der Waals surface area contributed by atoms with Crippen molar-refractivity contribution in [2.45, 2.75) is 44.2 Å². The third kappa shape index (κ3) is 2.44. The highest BCUT2D eigenvalue weighted by Crippen LogP contribution is 2.37. The summed E-state index contributed by atoms with van der Waals surface area (Å²) < 4.78 is 2.10. The van der Waals surface area contributed by atoms with Gasteiger partial charge in [-0.1, -0.05) is 6.42 Å². The van der Waals surface area contributed by atoms with Gasteiger partial charge in [-0.2, -0.15) is 0 Å². The van der Waals surface area contributed by atoms with Gasteiger partial charge >= 0.3 is 0 Å². The second kappa shape index (κ2) is 5.05. The Morgan fingerprint density at radius 3 is 2.76 bits per heavy atom. The maximum absolute atomic E-state index is 12.9. The Labute approximate surface area is 125 Å². The smallest absolute Gasteiger partial charge is 0.270 e. The van der Waals surface area contributed by atoms with Crippen molar-refractivity contribution < 1.29 is 4.79 Å². The molecule has 114 valence electrons. The summed E-state index contributed by atoms with van der Waals surface area (Å²) >= 11 is 0. The van der Waals surface area contributed by atoms with Gasteiger partial charge in [-0.25, -0.2) is 0 Å². The van der Waals surface area contributed by atoms with Crippen LogP contribution in [0.25, 0.3) is 0 Å². The molecule has 0 spiro atoms. The number of nitrogen functional groups attached to an aromatic ring is 1. The average molecular weight is 288 g/mol. The molecule has 1 amide bonds. The molecule has 1 atom stereocenters. The second-order valence-corrected chi connectivity index (χ2v) is 6.73. The lowest BCUT2D eigenvalue weighted by Crippen LogP contribution is -2.56. The van der Waals surface area contributed by atoms with E-state index in [2.05, 4.69) is 9.47 Å². The second-order valence-electron chi connectivity index (χ2n) is 6.73. The Hall–Kier alpha value is -1.49. The van der Waals surface area contributed by atoms with Gasteiger partial charge in [-0.15, -0.1) is 0 Å². The Morgan fingerprint density at radius 1 is 1.10 bits per heavy atom. The number of piperidine rings is 1. The first kappa shape index (κ1) is 13.2. The van der Waals surface area contributed by atoms with Crippen LogP contribution in [-0.4, -0.2) is 52.5 Å². The minimum atomic E-state index is 0.170. The van der Waals surface area contributed by atoms with E-state index in [1.807, 2.05) is 17.2 Å². The Kier molecular flexibility index (Phi) is 3.17. The third-order valence-corrected chi connectivity index (χ3v) is 5.15. The summed E-state index contributed by atoms with van der Waals surface area (Å²) in [6.45, 7) is 3.97. The molecule has 2 saturated heterocycles. The van der Waals surface area contributed by atoms with Crippen LogP contribution in [0.2, 0.25) is 0 Å². The molecule has 5 nitrogen and oxygen atoms in total. The summed E-state index contributed by atoms with van der Waals surface area (Å²) in [7, 11) is 0. The van der Waals surface area contributed by atoms with Crippen LogP contribution in [0, 0.1) is 0 Å². The predicted octanol–water partition coefficient (Wildman–Crippen LogP) is 1.72. The van der Waals surface area contributed by atoms with Gasteiger partial charge in [0.2, 0.25) is 0 Å². The van der Waals surface area contributed by atoms with Gasteiger partial charge in [0, 0.05) is 37.9 Å². The summed E-state index contributed by atoms with van der Waals surface area (Å²) in [5, 5.41) is 0. The summed E-state index contributed by atoms with van der Waals surface area (Å²) in [5.74, 6) is 0.170. The van der Waals surface area contributed by atoms with Crippen LogP contribution < -0.4 is 5.73 Å². The van der Waals surface area contributed by atoms with E-state index < -0.39 is 0 Å². The maximum Gasteiger partial charge on any atom is 0.270 e. The molecule has 21 heavy (non-hydrogen) atoms. The van der Waals surface area contributed by atoms with Crippen LogP contribution in [0.5, 0.6) is 0 Å². The number of rotatable bonds is 2. The highest BCUT2D eigenvalue weighted by atomic mass is 16.2. The van der Waals surface area contributed by atoms with Gasteiger partial charge in [0.05, 0.1) is 5.69 Å². The molecule has 4 rings (SSSR count). The molecule has 5 heteroatoms. The summed E-state index contributed by atoms with van der Waals surface area (Å²) in [6, 6.07) is 2.92. The number of hydrogen-bond donors (Lipinski definition) is 1. The number of carbonyl (C=O) groups is 1. The molecule has 1 saturated carbocycles. The van der Waals surface area contributed by atoms with Crippen molar-refractivity contribution in [3.05, 3.63) is 18.0 Å². The lowest BCUT2D eigenvalue weighted by atomic mass is 9.99. The molecule has 0 bridgehead atoms. The van der Waals surface area contributed by atoms with E-state index in [1.165, 1.54) is 38.6 Å². The minimum Gasteiger partial charge on any atom is -0.397 e. The first-order valence-corrected chi connectivity index (χ1v) is 8.23. The van der Waals surface area contributed by atoms with Crippen molar-refractivity contribution >= 4 is 11.6 Å². The number of anilines is 1. The number of fused-ring (bicyclic) bond motifs is 1. The molecule has 0 radical (unpaired) electrons.